The molecular weight excluding hydrogens is 255 g/mol. The summed E-state index contributed by atoms with van der Waals surface area (Å²) in [6.07, 6.45) is 0.889. The first-order chi connectivity index (χ1) is 6.78. The van der Waals surface area contributed by atoms with E-state index in [4.69, 9.17) is 15.3 Å². The van der Waals surface area contributed by atoms with E-state index in [1.54, 1.807) is 0 Å². The second-order valence-corrected chi connectivity index (χ2v) is 3.26. The molecule has 0 amide bonds. The Bertz CT molecular complexity index is 111. The zero-order valence-electron chi connectivity index (χ0n) is 9.56. The van der Waals surface area contributed by atoms with Gasteiger partial charge in [0.2, 0.25) is 0 Å². The molecule has 0 unspecified atom stereocenters. The summed E-state index contributed by atoms with van der Waals surface area (Å²) in [6, 6.07) is -0.107. The van der Waals surface area contributed by atoms with Crippen LogP contribution in [0.25, 0.3) is 0 Å². The van der Waals surface area contributed by atoms with Crippen molar-refractivity contribution in [1.29, 1.82) is 0 Å². The maximum Gasteiger partial charge on any atom is 0.0607 e. The summed E-state index contributed by atoms with van der Waals surface area (Å²) in [6.45, 7) is 3.41. The van der Waals surface area contributed by atoms with Crippen molar-refractivity contribution in [2.75, 3.05) is 32.9 Å². The standard InChI is InChI=1S/C9H22N2O3.2ClH/c1-2-8(5-12)10-3-4-11-9(6-13)7-14;;/h8-14H,2-7H2,1H3;2*1H/t8-;;/m0../s1. The van der Waals surface area contributed by atoms with E-state index in [1.165, 1.54) is 0 Å². The van der Waals surface area contributed by atoms with E-state index in [0.29, 0.717) is 6.54 Å². The van der Waals surface area contributed by atoms with Crippen LogP contribution in [-0.2, 0) is 0 Å². The van der Waals surface area contributed by atoms with Crippen LogP contribution in [0.2, 0.25) is 0 Å². The van der Waals surface area contributed by atoms with Gasteiger partial charge in [-0.3, -0.25) is 0 Å². The van der Waals surface area contributed by atoms with Crippen molar-refractivity contribution in [3.63, 3.8) is 0 Å². The van der Waals surface area contributed by atoms with Gasteiger partial charge in [0.05, 0.1) is 25.9 Å². The molecule has 0 saturated carbocycles. The molecule has 5 N–H and O–H groups in total. The van der Waals surface area contributed by atoms with Crippen molar-refractivity contribution in [3.8, 4) is 0 Å². The Morgan fingerprint density at radius 1 is 0.812 bits per heavy atom. The number of hydrogen-bond acceptors (Lipinski definition) is 5. The fourth-order valence-corrected chi connectivity index (χ4v) is 1.08. The van der Waals surface area contributed by atoms with E-state index < -0.39 is 0 Å². The SMILES string of the molecule is CC[C@@H](CO)NCCNC(CO)CO.Cl.Cl. The summed E-state index contributed by atoms with van der Waals surface area (Å²) in [5, 5.41) is 32.5. The highest BCUT2D eigenvalue weighted by molar-refractivity contribution is 5.85. The van der Waals surface area contributed by atoms with E-state index in [1.807, 2.05) is 6.92 Å². The molecule has 0 aromatic carbocycles. The van der Waals surface area contributed by atoms with Gasteiger partial charge in [-0.15, -0.1) is 24.8 Å². The normalized spacial score (nSPS) is 11.8. The molecule has 0 aromatic heterocycles. The van der Waals surface area contributed by atoms with E-state index in [9.17, 15) is 0 Å². The van der Waals surface area contributed by atoms with Gasteiger partial charge in [-0.05, 0) is 6.42 Å². The zero-order chi connectivity index (χ0) is 10.8. The van der Waals surface area contributed by atoms with Crippen molar-refractivity contribution in [2.24, 2.45) is 0 Å². The number of aliphatic hydroxyl groups excluding tert-OH is 3. The van der Waals surface area contributed by atoms with Crippen LogP contribution in [0.1, 0.15) is 13.3 Å². The summed E-state index contributed by atoms with van der Waals surface area (Å²) in [4.78, 5) is 0. The van der Waals surface area contributed by atoms with E-state index in [2.05, 4.69) is 10.6 Å². The molecule has 0 spiro atoms. The van der Waals surface area contributed by atoms with Gasteiger partial charge in [-0.1, -0.05) is 6.92 Å². The van der Waals surface area contributed by atoms with Crippen LogP contribution in [0.15, 0.2) is 0 Å². The number of hydrogen-bond donors (Lipinski definition) is 5. The lowest BCUT2D eigenvalue weighted by molar-refractivity contribution is 0.170. The van der Waals surface area contributed by atoms with Crippen LogP contribution in [0, 0.1) is 0 Å². The molecule has 0 radical (unpaired) electrons. The van der Waals surface area contributed by atoms with Crippen molar-refractivity contribution < 1.29 is 15.3 Å². The van der Waals surface area contributed by atoms with Crippen LogP contribution in [-0.4, -0.2) is 60.3 Å². The molecule has 0 bridgehead atoms. The highest BCUT2D eigenvalue weighted by Gasteiger charge is 2.05. The predicted octanol–water partition coefficient (Wildman–Crippen LogP) is -0.867. The Morgan fingerprint density at radius 2 is 1.19 bits per heavy atom. The summed E-state index contributed by atoms with van der Waals surface area (Å²) in [5.41, 5.74) is 0. The summed E-state index contributed by atoms with van der Waals surface area (Å²) in [5.74, 6) is 0. The van der Waals surface area contributed by atoms with Crippen molar-refractivity contribution in [1.82, 2.24) is 10.6 Å². The van der Waals surface area contributed by atoms with E-state index in [0.717, 1.165) is 13.0 Å². The Balaban J connectivity index is -0.000000845. The smallest absolute Gasteiger partial charge is 0.0607 e. The van der Waals surface area contributed by atoms with Gasteiger partial charge in [0, 0.05) is 19.1 Å². The van der Waals surface area contributed by atoms with Crippen LogP contribution >= 0.6 is 24.8 Å². The Hall–Kier alpha value is 0.380. The Labute approximate surface area is 109 Å². The van der Waals surface area contributed by atoms with Crippen LogP contribution in [0.5, 0.6) is 0 Å². The zero-order valence-corrected chi connectivity index (χ0v) is 11.2. The largest absolute Gasteiger partial charge is 0.395 e. The third-order valence-corrected chi connectivity index (χ3v) is 2.14. The van der Waals surface area contributed by atoms with Gasteiger partial charge in [-0.2, -0.15) is 0 Å². The molecule has 0 heterocycles. The summed E-state index contributed by atoms with van der Waals surface area (Å²) in [7, 11) is 0. The molecule has 0 aliphatic carbocycles. The lowest BCUT2D eigenvalue weighted by Crippen LogP contribution is -2.42. The third kappa shape index (κ3) is 10.9. The van der Waals surface area contributed by atoms with Gasteiger partial charge in [0.15, 0.2) is 0 Å². The quantitative estimate of drug-likeness (QED) is 0.354. The number of aliphatic hydroxyl groups is 3. The van der Waals surface area contributed by atoms with Crippen molar-refractivity contribution in [3.05, 3.63) is 0 Å². The molecule has 1 atom stereocenters. The van der Waals surface area contributed by atoms with Gasteiger partial charge in [-0.25, -0.2) is 0 Å². The van der Waals surface area contributed by atoms with Crippen LogP contribution in [0.3, 0.4) is 0 Å². The highest BCUT2D eigenvalue weighted by Crippen LogP contribution is 1.87. The van der Waals surface area contributed by atoms with Gasteiger partial charge in [0.25, 0.3) is 0 Å². The molecule has 0 aliphatic rings. The summed E-state index contributed by atoms with van der Waals surface area (Å²) < 4.78 is 0. The molecule has 16 heavy (non-hydrogen) atoms. The Kier molecular flexibility index (Phi) is 20.8. The molecule has 102 valence electrons. The maximum absolute atomic E-state index is 8.86. The molecular formula is C9H24Cl2N2O3. The highest BCUT2D eigenvalue weighted by atomic mass is 35.5. The van der Waals surface area contributed by atoms with Gasteiger partial charge < -0.3 is 26.0 Å². The average molecular weight is 279 g/mol. The van der Waals surface area contributed by atoms with E-state index in [-0.39, 0.29) is 56.7 Å². The maximum atomic E-state index is 8.86. The third-order valence-electron chi connectivity index (χ3n) is 2.14. The minimum Gasteiger partial charge on any atom is -0.395 e. The minimum atomic E-state index is -0.244. The monoisotopic (exact) mass is 278 g/mol. The van der Waals surface area contributed by atoms with Crippen molar-refractivity contribution in [2.45, 2.75) is 25.4 Å². The second-order valence-electron chi connectivity index (χ2n) is 3.26. The number of rotatable bonds is 9. The average Bonchev–Trinajstić information content (AvgIpc) is 2.24. The van der Waals surface area contributed by atoms with Crippen LogP contribution in [0.4, 0.5) is 0 Å². The van der Waals surface area contributed by atoms with Crippen LogP contribution < -0.4 is 10.6 Å². The topological polar surface area (TPSA) is 84.8 Å². The molecule has 5 nitrogen and oxygen atoms in total. The first-order valence-corrected chi connectivity index (χ1v) is 5.07. The minimum absolute atomic E-state index is 0. The fourth-order valence-electron chi connectivity index (χ4n) is 1.08. The molecule has 7 heteroatoms. The molecule has 0 saturated heterocycles. The first kappa shape index (κ1) is 21.6. The molecule has 0 rings (SSSR count). The van der Waals surface area contributed by atoms with E-state index >= 15 is 0 Å². The van der Waals surface area contributed by atoms with Gasteiger partial charge >= 0.3 is 0 Å². The first-order valence-electron chi connectivity index (χ1n) is 5.07. The molecule has 0 aromatic rings. The lowest BCUT2D eigenvalue weighted by Gasteiger charge is -2.16. The summed E-state index contributed by atoms with van der Waals surface area (Å²) >= 11 is 0. The Morgan fingerprint density at radius 3 is 1.50 bits per heavy atom. The van der Waals surface area contributed by atoms with Gasteiger partial charge in [0.1, 0.15) is 0 Å². The predicted molar refractivity (Wildman–Crippen MR) is 69.6 cm³/mol. The fraction of sp³-hybridized carbons (Fsp3) is 1.00. The lowest BCUT2D eigenvalue weighted by atomic mass is 10.2. The number of halogens is 2. The number of nitrogens with one attached hydrogen (secondary N) is 2. The second kappa shape index (κ2) is 15.4. The molecule has 0 aliphatic heterocycles. The molecule has 0 fully saturated rings. The van der Waals surface area contributed by atoms with Crippen molar-refractivity contribution >= 4 is 24.8 Å².